The third-order valence-corrected chi connectivity index (χ3v) is 2.50. The summed E-state index contributed by atoms with van der Waals surface area (Å²) in [6, 6.07) is 2.95. The zero-order valence-corrected chi connectivity index (χ0v) is 10.1. The van der Waals surface area contributed by atoms with Crippen molar-refractivity contribution in [1.29, 1.82) is 0 Å². The zero-order valence-electron chi connectivity index (χ0n) is 9.37. The molecule has 5 heteroatoms. The number of pyridine rings is 1. The molecule has 0 spiro atoms. The van der Waals surface area contributed by atoms with Gasteiger partial charge >= 0.3 is 0 Å². The molecule has 0 aromatic carbocycles. The van der Waals surface area contributed by atoms with Gasteiger partial charge in [0.15, 0.2) is 0 Å². The van der Waals surface area contributed by atoms with Crippen molar-refractivity contribution in [3.63, 3.8) is 0 Å². The van der Waals surface area contributed by atoms with Crippen LogP contribution in [0.15, 0.2) is 23.1 Å². The van der Waals surface area contributed by atoms with Gasteiger partial charge in [0.1, 0.15) is 0 Å². The Labute approximate surface area is 99.2 Å². The molecule has 1 heterocycles. The predicted octanol–water partition coefficient (Wildman–Crippen LogP) is 1.13. The van der Waals surface area contributed by atoms with Crippen molar-refractivity contribution in [2.45, 2.75) is 19.4 Å². The van der Waals surface area contributed by atoms with Gasteiger partial charge in [-0.25, -0.2) is 0 Å². The van der Waals surface area contributed by atoms with E-state index in [1.165, 1.54) is 10.6 Å². The summed E-state index contributed by atoms with van der Waals surface area (Å²) >= 11 is 5.57. The second-order valence-electron chi connectivity index (χ2n) is 3.72. The molecule has 0 aliphatic rings. The van der Waals surface area contributed by atoms with E-state index >= 15 is 0 Å². The lowest BCUT2D eigenvalue weighted by Gasteiger charge is -2.12. The summed E-state index contributed by atoms with van der Waals surface area (Å²) in [5.41, 5.74) is 0.183. The average molecular weight is 243 g/mol. The van der Waals surface area contributed by atoms with Gasteiger partial charge in [-0.3, -0.25) is 9.59 Å². The van der Waals surface area contributed by atoms with Crippen LogP contribution in [-0.4, -0.2) is 22.4 Å². The first-order valence-corrected chi connectivity index (χ1v) is 5.61. The van der Waals surface area contributed by atoms with Crippen molar-refractivity contribution >= 4 is 17.5 Å². The lowest BCUT2D eigenvalue weighted by atomic mass is 10.2. The molecule has 1 aromatic heterocycles. The van der Waals surface area contributed by atoms with E-state index in [4.69, 9.17) is 11.6 Å². The standard InChI is InChI=1S/C11H15ClN2O2/c1-8(3-5-12)13-11(16)9-4-6-14(2)10(15)7-9/h4,6-8H,3,5H2,1-2H3,(H,13,16). The molecule has 1 aromatic rings. The van der Waals surface area contributed by atoms with E-state index in [2.05, 4.69) is 5.32 Å². The average Bonchev–Trinajstić information content (AvgIpc) is 2.22. The molecule has 16 heavy (non-hydrogen) atoms. The SMILES string of the molecule is CC(CCCl)NC(=O)c1ccn(C)c(=O)c1. The van der Waals surface area contributed by atoms with Crippen molar-refractivity contribution in [2.24, 2.45) is 7.05 Å². The Morgan fingerprint density at radius 2 is 2.31 bits per heavy atom. The van der Waals surface area contributed by atoms with Gasteiger partial charge in [0.2, 0.25) is 0 Å². The third-order valence-electron chi connectivity index (χ3n) is 2.29. The number of amides is 1. The maximum atomic E-state index is 11.7. The zero-order chi connectivity index (χ0) is 12.1. The fraction of sp³-hybridized carbons (Fsp3) is 0.455. The van der Waals surface area contributed by atoms with Gasteiger partial charge in [-0.1, -0.05) is 0 Å². The molecule has 0 saturated carbocycles. The van der Waals surface area contributed by atoms with Crippen LogP contribution >= 0.6 is 11.6 Å². The number of hydrogen-bond donors (Lipinski definition) is 1. The first kappa shape index (κ1) is 12.8. The number of nitrogens with one attached hydrogen (secondary N) is 1. The first-order valence-electron chi connectivity index (χ1n) is 5.08. The highest BCUT2D eigenvalue weighted by atomic mass is 35.5. The molecule has 0 bridgehead atoms. The van der Waals surface area contributed by atoms with Crippen LogP contribution in [0.3, 0.4) is 0 Å². The van der Waals surface area contributed by atoms with Crippen molar-refractivity contribution in [2.75, 3.05) is 5.88 Å². The van der Waals surface area contributed by atoms with Crippen LogP contribution in [0.25, 0.3) is 0 Å². The van der Waals surface area contributed by atoms with Crippen molar-refractivity contribution in [1.82, 2.24) is 9.88 Å². The van der Waals surface area contributed by atoms with Crippen LogP contribution in [0.5, 0.6) is 0 Å². The van der Waals surface area contributed by atoms with Crippen molar-refractivity contribution < 1.29 is 4.79 Å². The summed E-state index contributed by atoms with van der Waals surface area (Å²) in [4.78, 5) is 23.0. The van der Waals surface area contributed by atoms with E-state index in [9.17, 15) is 9.59 Å². The van der Waals surface area contributed by atoms with E-state index in [1.807, 2.05) is 6.92 Å². The van der Waals surface area contributed by atoms with Gasteiger partial charge in [-0.2, -0.15) is 0 Å². The Kier molecular flexibility index (Phi) is 4.55. The highest BCUT2D eigenvalue weighted by molar-refractivity contribution is 6.17. The van der Waals surface area contributed by atoms with Gasteiger partial charge in [-0.15, -0.1) is 11.6 Å². The molecule has 1 atom stereocenters. The fourth-order valence-electron chi connectivity index (χ4n) is 1.23. The Bertz CT molecular complexity index is 428. The lowest BCUT2D eigenvalue weighted by molar-refractivity contribution is 0.0939. The number of aromatic nitrogens is 1. The largest absolute Gasteiger partial charge is 0.350 e. The first-order chi connectivity index (χ1) is 7.54. The van der Waals surface area contributed by atoms with Crippen LogP contribution in [0, 0.1) is 0 Å². The normalized spacial score (nSPS) is 12.2. The van der Waals surface area contributed by atoms with E-state index in [-0.39, 0.29) is 17.5 Å². The number of rotatable bonds is 4. The van der Waals surface area contributed by atoms with Crippen molar-refractivity contribution in [3.05, 3.63) is 34.2 Å². The number of carbonyl (C=O) groups is 1. The van der Waals surface area contributed by atoms with E-state index < -0.39 is 0 Å². The van der Waals surface area contributed by atoms with Gasteiger partial charge in [0, 0.05) is 36.8 Å². The second kappa shape index (κ2) is 5.70. The Balaban J connectivity index is 2.73. The molecule has 1 unspecified atom stereocenters. The summed E-state index contributed by atoms with van der Waals surface area (Å²) in [5, 5.41) is 2.77. The maximum absolute atomic E-state index is 11.7. The molecular formula is C11H15ClN2O2. The Morgan fingerprint density at radius 3 is 2.88 bits per heavy atom. The molecule has 0 saturated heterocycles. The molecule has 0 fully saturated rings. The third kappa shape index (κ3) is 3.38. The quantitative estimate of drug-likeness (QED) is 0.805. The number of aryl methyl sites for hydroxylation is 1. The van der Waals surface area contributed by atoms with Crippen LogP contribution in [0.4, 0.5) is 0 Å². The maximum Gasteiger partial charge on any atom is 0.251 e. The van der Waals surface area contributed by atoms with Gasteiger partial charge in [0.25, 0.3) is 11.5 Å². The molecule has 1 amide bonds. The highest BCUT2D eigenvalue weighted by Gasteiger charge is 2.09. The molecule has 0 radical (unpaired) electrons. The number of nitrogens with zero attached hydrogens (tertiary/aromatic N) is 1. The van der Waals surface area contributed by atoms with Crippen LogP contribution in [-0.2, 0) is 7.05 Å². The number of halogens is 1. The minimum Gasteiger partial charge on any atom is -0.350 e. The van der Waals surface area contributed by atoms with E-state index in [0.29, 0.717) is 17.9 Å². The fourth-order valence-corrected chi connectivity index (χ4v) is 1.56. The smallest absolute Gasteiger partial charge is 0.251 e. The Hall–Kier alpha value is -1.29. The van der Waals surface area contributed by atoms with Crippen molar-refractivity contribution in [3.8, 4) is 0 Å². The topological polar surface area (TPSA) is 51.1 Å². The predicted molar refractivity (Wildman–Crippen MR) is 63.9 cm³/mol. The molecule has 4 nitrogen and oxygen atoms in total. The van der Waals surface area contributed by atoms with Gasteiger partial charge < -0.3 is 9.88 Å². The number of alkyl halides is 1. The molecule has 1 N–H and O–H groups in total. The number of hydrogen-bond acceptors (Lipinski definition) is 2. The van der Waals surface area contributed by atoms with Crippen LogP contribution < -0.4 is 10.9 Å². The Morgan fingerprint density at radius 1 is 1.62 bits per heavy atom. The minimum absolute atomic E-state index is 0.00839. The molecule has 0 aliphatic heterocycles. The van der Waals surface area contributed by atoms with E-state index in [0.717, 1.165) is 0 Å². The molecule has 0 aliphatic carbocycles. The van der Waals surface area contributed by atoms with Gasteiger partial charge in [0.05, 0.1) is 0 Å². The molecule has 88 valence electrons. The summed E-state index contributed by atoms with van der Waals surface area (Å²) in [6.07, 6.45) is 2.28. The molecular weight excluding hydrogens is 228 g/mol. The second-order valence-corrected chi connectivity index (χ2v) is 4.09. The van der Waals surface area contributed by atoms with Crippen LogP contribution in [0.2, 0.25) is 0 Å². The number of carbonyl (C=O) groups excluding carboxylic acids is 1. The van der Waals surface area contributed by atoms with Crippen LogP contribution in [0.1, 0.15) is 23.7 Å². The van der Waals surface area contributed by atoms with Gasteiger partial charge in [-0.05, 0) is 19.4 Å². The molecule has 1 rings (SSSR count). The monoisotopic (exact) mass is 242 g/mol. The summed E-state index contributed by atoms with van der Waals surface area (Å²) in [7, 11) is 1.64. The minimum atomic E-state index is -0.240. The summed E-state index contributed by atoms with van der Waals surface area (Å²) in [5.74, 6) is 0.258. The lowest BCUT2D eigenvalue weighted by Crippen LogP contribution is -2.33. The highest BCUT2D eigenvalue weighted by Crippen LogP contribution is 1.98. The summed E-state index contributed by atoms with van der Waals surface area (Å²) < 4.78 is 1.42. The summed E-state index contributed by atoms with van der Waals surface area (Å²) in [6.45, 7) is 1.88. The van der Waals surface area contributed by atoms with E-state index in [1.54, 1.807) is 19.3 Å².